The quantitative estimate of drug-likeness (QED) is 0.456. The molecule has 1 aromatic heterocycles. The lowest BCUT2D eigenvalue weighted by Gasteiger charge is -2.34. The lowest BCUT2D eigenvalue weighted by Crippen LogP contribution is -2.48. The maximum atomic E-state index is 12.9. The highest BCUT2D eigenvalue weighted by Crippen LogP contribution is 2.24. The van der Waals surface area contributed by atoms with Crippen LogP contribution in [0, 0.1) is 10.1 Å². The van der Waals surface area contributed by atoms with Crippen molar-refractivity contribution in [2.45, 2.75) is 4.90 Å². The van der Waals surface area contributed by atoms with E-state index >= 15 is 0 Å². The molecule has 0 atom stereocenters. The van der Waals surface area contributed by atoms with Gasteiger partial charge in [0.1, 0.15) is 12.1 Å². The minimum Gasteiger partial charge on any atom is -0.354 e. The summed E-state index contributed by atoms with van der Waals surface area (Å²) < 4.78 is 27.1. The monoisotopic (exact) mass is 425 g/mol. The molecule has 10 heteroatoms. The van der Waals surface area contributed by atoms with Crippen LogP contribution in [0.1, 0.15) is 0 Å². The molecule has 0 spiro atoms. The maximum Gasteiger partial charge on any atom is 0.269 e. The Morgan fingerprint density at radius 1 is 0.900 bits per heavy atom. The standard InChI is InChI=1S/C20H19N5O4S/c26-25(27)17-6-8-18(9-7-17)30(28,29)24-12-10-23(11-13-24)20-14-19(21-15-22-20)16-4-2-1-3-5-16/h1-9,14-15H,10-13H2. The predicted molar refractivity (Wildman–Crippen MR) is 112 cm³/mol. The zero-order valence-electron chi connectivity index (χ0n) is 16.0. The maximum absolute atomic E-state index is 12.9. The molecule has 9 nitrogen and oxygen atoms in total. The summed E-state index contributed by atoms with van der Waals surface area (Å²) >= 11 is 0. The Bertz CT molecular complexity index is 1150. The first kappa shape index (κ1) is 19.9. The fourth-order valence-electron chi connectivity index (χ4n) is 3.33. The van der Waals surface area contributed by atoms with Crippen LogP contribution in [0.15, 0.2) is 71.9 Å². The van der Waals surface area contributed by atoms with Crippen LogP contribution in [-0.2, 0) is 10.0 Å². The van der Waals surface area contributed by atoms with Crippen molar-refractivity contribution in [3.8, 4) is 11.3 Å². The number of nitro benzene ring substituents is 1. The number of hydrogen-bond donors (Lipinski definition) is 0. The van der Waals surface area contributed by atoms with Crippen molar-refractivity contribution in [2.75, 3.05) is 31.1 Å². The fraction of sp³-hybridized carbons (Fsp3) is 0.200. The van der Waals surface area contributed by atoms with Crippen LogP contribution in [0.5, 0.6) is 0 Å². The van der Waals surface area contributed by atoms with Crippen molar-refractivity contribution in [1.29, 1.82) is 0 Å². The molecule has 2 heterocycles. The van der Waals surface area contributed by atoms with Gasteiger partial charge in [0.2, 0.25) is 10.0 Å². The number of benzene rings is 2. The van der Waals surface area contributed by atoms with Crippen LogP contribution in [0.4, 0.5) is 11.5 Å². The Morgan fingerprint density at radius 3 is 2.20 bits per heavy atom. The molecule has 0 N–H and O–H groups in total. The molecule has 30 heavy (non-hydrogen) atoms. The summed E-state index contributed by atoms with van der Waals surface area (Å²) in [6.45, 7) is 1.56. The SMILES string of the molecule is O=[N+]([O-])c1ccc(S(=O)(=O)N2CCN(c3cc(-c4ccccc4)ncn3)CC2)cc1. The zero-order valence-corrected chi connectivity index (χ0v) is 16.8. The van der Waals surface area contributed by atoms with Gasteiger partial charge >= 0.3 is 0 Å². The van der Waals surface area contributed by atoms with E-state index in [1.807, 2.05) is 41.3 Å². The molecule has 154 valence electrons. The average Bonchev–Trinajstić information content (AvgIpc) is 2.80. The Morgan fingerprint density at radius 2 is 1.57 bits per heavy atom. The summed E-state index contributed by atoms with van der Waals surface area (Å²) in [5, 5.41) is 10.8. The van der Waals surface area contributed by atoms with Crippen LogP contribution in [0.3, 0.4) is 0 Å². The topological polar surface area (TPSA) is 110 Å². The van der Waals surface area contributed by atoms with Crippen molar-refractivity contribution >= 4 is 21.5 Å². The second kappa shape index (κ2) is 8.17. The molecule has 0 aliphatic carbocycles. The highest BCUT2D eigenvalue weighted by atomic mass is 32.2. The molecule has 0 saturated carbocycles. The summed E-state index contributed by atoms with van der Waals surface area (Å²) in [7, 11) is -3.71. The van der Waals surface area contributed by atoms with Crippen molar-refractivity contribution < 1.29 is 13.3 Å². The molecule has 1 aliphatic rings. The minimum absolute atomic E-state index is 0.0509. The number of non-ortho nitro benzene ring substituents is 1. The summed E-state index contributed by atoms with van der Waals surface area (Å²) in [5.74, 6) is 0.747. The second-order valence-corrected chi connectivity index (χ2v) is 8.71. The summed E-state index contributed by atoms with van der Waals surface area (Å²) in [4.78, 5) is 21.0. The van der Waals surface area contributed by atoms with Gasteiger partial charge < -0.3 is 4.90 Å². The van der Waals surface area contributed by atoms with Gasteiger partial charge in [-0.1, -0.05) is 30.3 Å². The smallest absolute Gasteiger partial charge is 0.269 e. The number of sulfonamides is 1. The molecule has 1 saturated heterocycles. The van der Waals surface area contributed by atoms with Gasteiger partial charge in [-0.05, 0) is 12.1 Å². The molecule has 0 radical (unpaired) electrons. The Hall–Kier alpha value is -3.37. The highest BCUT2D eigenvalue weighted by molar-refractivity contribution is 7.89. The summed E-state index contributed by atoms with van der Waals surface area (Å²) in [6.07, 6.45) is 1.51. The molecular weight excluding hydrogens is 406 g/mol. The lowest BCUT2D eigenvalue weighted by molar-refractivity contribution is -0.384. The van der Waals surface area contributed by atoms with Crippen LogP contribution < -0.4 is 4.90 Å². The van der Waals surface area contributed by atoms with Crippen molar-refractivity contribution in [3.63, 3.8) is 0 Å². The van der Waals surface area contributed by atoms with Crippen LogP contribution >= 0.6 is 0 Å². The molecule has 0 bridgehead atoms. The molecule has 2 aromatic carbocycles. The number of aromatic nitrogens is 2. The van der Waals surface area contributed by atoms with Gasteiger partial charge in [-0.3, -0.25) is 10.1 Å². The number of anilines is 1. The third kappa shape index (κ3) is 4.00. The van der Waals surface area contributed by atoms with E-state index in [2.05, 4.69) is 9.97 Å². The Labute approximate surface area is 173 Å². The fourth-order valence-corrected chi connectivity index (χ4v) is 4.76. The van der Waals surface area contributed by atoms with Gasteiger partial charge in [-0.15, -0.1) is 0 Å². The predicted octanol–water partition coefficient (Wildman–Crippen LogP) is 2.56. The van der Waals surface area contributed by atoms with Crippen molar-refractivity contribution in [3.05, 3.63) is 77.1 Å². The number of nitrogens with zero attached hydrogens (tertiary/aromatic N) is 5. The van der Waals surface area contributed by atoms with E-state index in [4.69, 9.17) is 0 Å². The first-order valence-corrected chi connectivity index (χ1v) is 10.8. The summed E-state index contributed by atoms with van der Waals surface area (Å²) in [5.41, 5.74) is 1.65. The molecule has 1 aliphatic heterocycles. The normalized spacial score (nSPS) is 15.1. The van der Waals surface area contributed by atoms with E-state index in [0.717, 1.165) is 17.1 Å². The van der Waals surface area contributed by atoms with Gasteiger partial charge in [0.15, 0.2) is 0 Å². The molecule has 4 rings (SSSR count). The van der Waals surface area contributed by atoms with Gasteiger partial charge in [-0.25, -0.2) is 18.4 Å². The molecule has 0 unspecified atom stereocenters. The number of piperazine rings is 1. The Balaban J connectivity index is 1.47. The van der Waals surface area contributed by atoms with E-state index < -0.39 is 14.9 Å². The van der Waals surface area contributed by atoms with E-state index in [1.54, 1.807) is 0 Å². The highest BCUT2D eigenvalue weighted by Gasteiger charge is 2.29. The Kier molecular flexibility index (Phi) is 5.42. The third-order valence-electron chi connectivity index (χ3n) is 4.97. The summed E-state index contributed by atoms with van der Waals surface area (Å²) in [6, 6.07) is 16.6. The van der Waals surface area contributed by atoms with E-state index in [9.17, 15) is 18.5 Å². The van der Waals surface area contributed by atoms with Gasteiger partial charge in [0.05, 0.1) is 15.5 Å². The second-order valence-electron chi connectivity index (χ2n) is 6.77. The van der Waals surface area contributed by atoms with E-state index in [0.29, 0.717) is 26.2 Å². The van der Waals surface area contributed by atoms with E-state index in [-0.39, 0.29) is 10.6 Å². The van der Waals surface area contributed by atoms with E-state index in [1.165, 1.54) is 34.9 Å². The van der Waals surface area contributed by atoms with Crippen LogP contribution in [0.2, 0.25) is 0 Å². The van der Waals surface area contributed by atoms with Crippen LogP contribution in [-0.4, -0.2) is 53.8 Å². The minimum atomic E-state index is -3.71. The van der Waals surface area contributed by atoms with Gasteiger partial charge in [0.25, 0.3) is 5.69 Å². The lowest BCUT2D eigenvalue weighted by atomic mass is 10.1. The van der Waals surface area contributed by atoms with Gasteiger partial charge in [-0.2, -0.15) is 4.31 Å². The third-order valence-corrected chi connectivity index (χ3v) is 6.88. The number of rotatable bonds is 5. The number of nitro groups is 1. The largest absolute Gasteiger partial charge is 0.354 e. The van der Waals surface area contributed by atoms with Crippen molar-refractivity contribution in [2.24, 2.45) is 0 Å². The average molecular weight is 425 g/mol. The molecule has 1 fully saturated rings. The van der Waals surface area contributed by atoms with Crippen LogP contribution in [0.25, 0.3) is 11.3 Å². The number of hydrogen-bond acceptors (Lipinski definition) is 7. The first-order chi connectivity index (χ1) is 14.4. The molecule has 3 aromatic rings. The first-order valence-electron chi connectivity index (χ1n) is 9.32. The molecular formula is C20H19N5O4S. The van der Waals surface area contributed by atoms with Crippen molar-refractivity contribution in [1.82, 2.24) is 14.3 Å². The molecule has 0 amide bonds. The zero-order chi connectivity index (χ0) is 21.1. The van der Waals surface area contributed by atoms with Gasteiger partial charge in [0, 0.05) is 49.9 Å².